The second kappa shape index (κ2) is 9.46. The molecule has 0 bridgehead atoms. The van der Waals surface area contributed by atoms with Gasteiger partial charge in [-0.25, -0.2) is 9.07 Å². The van der Waals surface area contributed by atoms with Crippen molar-refractivity contribution in [2.45, 2.75) is 45.4 Å². The molecule has 1 saturated heterocycles. The number of piperazine rings is 1. The molecular formula is C27H30FN5O3. The van der Waals surface area contributed by atoms with Gasteiger partial charge in [-0.2, -0.15) is 0 Å². The van der Waals surface area contributed by atoms with Crippen molar-refractivity contribution in [2.75, 3.05) is 26.2 Å². The zero-order valence-corrected chi connectivity index (χ0v) is 20.8. The standard InChI is InChI=1S/C27H30FN5O3/c1-27(2,3)20-8-4-19(5-9-20)25(34)31-12-14-32(15-13-31)26(35)24-22-17-36-23(16-33(22)30-29-24)18-6-10-21(28)11-7-18/h4-11,23H,12-17H2,1-3H3/t23-/m1/s1. The average Bonchev–Trinajstić information content (AvgIpc) is 3.31. The summed E-state index contributed by atoms with van der Waals surface area (Å²) in [6.07, 6.45) is -0.283. The summed E-state index contributed by atoms with van der Waals surface area (Å²) < 4.78 is 20.9. The lowest BCUT2D eigenvalue weighted by Crippen LogP contribution is -2.50. The second-order valence-corrected chi connectivity index (χ2v) is 10.3. The topological polar surface area (TPSA) is 80.6 Å². The van der Waals surface area contributed by atoms with Crippen LogP contribution in [0.25, 0.3) is 0 Å². The molecule has 0 unspecified atom stereocenters. The van der Waals surface area contributed by atoms with Crippen LogP contribution >= 0.6 is 0 Å². The summed E-state index contributed by atoms with van der Waals surface area (Å²) in [7, 11) is 0. The van der Waals surface area contributed by atoms with E-state index in [4.69, 9.17) is 4.74 Å². The van der Waals surface area contributed by atoms with E-state index in [1.54, 1.807) is 26.6 Å². The molecule has 188 valence electrons. The van der Waals surface area contributed by atoms with Crippen molar-refractivity contribution in [1.82, 2.24) is 24.8 Å². The van der Waals surface area contributed by atoms with Gasteiger partial charge in [0, 0.05) is 31.7 Å². The predicted octanol–water partition coefficient (Wildman–Crippen LogP) is 3.58. The summed E-state index contributed by atoms with van der Waals surface area (Å²) in [5, 5.41) is 8.32. The van der Waals surface area contributed by atoms with Crippen molar-refractivity contribution >= 4 is 11.8 Å². The number of ether oxygens (including phenoxy) is 1. The normalized spacial score (nSPS) is 18.2. The van der Waals surface area contributed by atoms with E-state index in [2.05, 4.69) is 31.1 Å². The second-order valence-electron chi connectivity index (χ2n) is 10.3. The molecule has 2 amide bonds. The molecule has 3 aromatic rings. The fourth-order valence-electron chi connectivity index (χ4n) is 4.61. The maximum atomic E-state index is 13.2. The average molecular weight is 492 g/mol. The number of fused-ring (bicyclic) bond motifs is 1. The Morgan fingerprint density at radius 3 is 2.14 bits per heavy atom. The number of nitrogens with zero attached hydrogens (tertiary/aromatic N) is 5. The van der Waals surface area contributed by atoms with Crippen LogP contribution in [0.1, 0.15) is 64.5 Å². The zero-order chi connectivity index (χ0) is 25.4. The molecule has 2 aliphatic rings. The molecule has 1 fully saturated rings. The highest BCUT2D eigenvalue weighted by atomic mass is 19.1. The Bertz CT molecular complexity index is 1260. The van der Waals surface area contributed by atoms with E-state index in [1.807, 2.05) is 24.3 Å². The van der Waals surface area contributed by atoms with Crippen LogP contribution < -0.4 is 0 Å². The summed E-state index contributed by atoms with van der Waals surface area (Å²) in [6, 6.07) is 13.9. The first-order chi connectivity index (χ1) is 17.2. The van der Waals surface area contributed by atoms with Gasteiger partial charge in [0.1, 0.15) is 11.9 Å². The quantitative estimate of drug-likeness (QED) is 0.560. The summed E-state index contributed by atoms with van der Waals surface area (Å²) in [5.41, 5.74) is 3.63. The number of carbonyl (C=O) groups is 2. The van der Waals surface area contributed by atoms with Gasteiger partial charge >= 0.3 is 0 Å². The lowest BCUT2D eigenvalue weighted by atomic mass is 9.86. The van der Waals surface area contributed by atoms with Gasteiger partial charge in [0.2, 0.25) is 0 Å². The molecule has 5 rings (SSSR count). The third kappa shape index (κ3) is 4.75. The van der Waals surface area contributed by atoms with Crippen molar-refractivity contribution in [3.8, 4) is 0 Å². The van der Waals surface area contributed by atoms with Crippen LogP contribution in [-0.4, -0.2) is 62.8 Å². The summed E-state index contributed by atoms with van der Waals surface area (Å²) in [6.45, 7) is 8.79. The first kappa shape index (κ1) is 24.1. The molecule has 2 aromatic carbocycles. The minimum atomic E-state index is -0.302. The number of amides is 2. The Kier molecular flexibility index (Phi) is 6.34. The summed E-state index contributed by atoms with van der Waals surface area (Å²) >= 11 is 0. The molecule has 9 heteroatoms. The Hall–Kier alpha value is -3.59. The zero-order valence-electron chi connectivity index (χ0n) is 20.8. The van der Waals surface area contributed by atoms with E-state index in [1.165, 1.54) is 17.7 Å². The molecule has 1 aromatic heterocycles. The Morgan fingerprint density at radius 2 is 1.53 bits per heavy atom. The number of hydrogen-bond donors (Lipinski definition) is 0. The number of aromatic nitrogens is 3. The first-order valence-corrected chi connectivity index (χ1v) is 12.2. The molecule has 2 aliphatic heterocycles. The van der Waals surface area contributed by atoms with Gasteiger partial charge in [0.05, 0.1) is 18.8 Å². The van der Waals surface area contributed by atoms with Crippen LogP contribution in [0.4, 0.5) is 4.39 Å². The predicted molar refractivity (Wildman–Crippen MR) is 131 cm³/mol. The van der Waals surface area contributed by atoms with Crippen molar-refractivity contribution in [3.05, 3.63) is 82.4 Å². The van der Waals surface area contributed by atoms with E-state index in [-0.39, 0.29) is 41.5 Å². The van der Waals surface area contributed by atoms with Gasteiger partial charge in [-0.1, -0.05) is 50.3 Å². The smallest absolute Gasteiger partial charge is 0.276 e. The molecule has 36 heavy (non-hydrogen) atoms. The van der Waals surface area contributed by atoms with Crippen LogP contribution in [0.5, 0.6) is 0 Å². The lowest BCUT2D eigenvalue weighted by Gasteiger charge is -2.34. The van der Waals surface area contributed by atoms with Gasteiger partial charge in [-0.05, 0) is 40.8 Å². The Balaban J connectivity index is 1.20. The number of rotatable bonds is 3. The van der Waals surface area contributed by atoms with Crippen LogP contribution in [-0.2, 0) is 23.3 Å². The maximum Gasteiger partial charge on any atom is 0.276 e. The van der Waals surface area contributed by atoms with E-state index in [9.17, 15) is 14.0 Å². The summed E-state index contributed by atoms with van der Waals surface area (Å²) in [5.74, 6) is -0.533. The SMILES string of the molecule is CC(C)(C)c1ccc(C(=O)N2CCN(C(=O)c3nnn4c3CO[C@@H](c3ccc(F)cc3)C4)CC2)cc1. The molecule has 0 spiro atoms. The molecule has 8 nitrogen and oxygen atoms in total. The highest BCUT2D eigenvalue weighted by Crippen LogP contribution is 2.28. The molecule has 3 heterocycles. The first-order valence-electron chi connectivity index (χ1n) is 12.2. The van der Waals surface area contributed by atoms with Gasteiger partial charge in [0.25, 0.3) is 11.8 Å². The molecule has 0 N–H and O–H groups in total. The molecule has 0 aliphatic carbocycles. The maximum absolute atomic E-state index is 13.2. The van der Waals surface area contributed by atoms with E-state index >= 15 is 0 Å². The number of halogens is 1. The minimum absolute atomic E-state index is 0.0242. The van der Waals surface area contributed by atoms with Crippen LogP contribution in [0.3, 0.4) is 0 Å². The van der Waals surface area contributed by atoms with Crippen molar-refractivity contribution < 1.29 is 18.7 Å². The third-order valence-corrected chi connectivity index (χ3v) is 6.89. The van der Waals surface area contributed by atoms with Crippen LogP contribution in [0, 0.1) is 5.82 Å². The van der Waals surface area contributed by atoms with Gasteiger partial charge in [0.15, 0.2) is 5.69 Å². The van der Waals surface area contributed by atoms with E-state index < -0.39 is 0 Å². The van der Waals surface area contributed by atoms with Crippen LogP contribution in [0.2, 0.25) is 0 Å². The van der Waals surface area contributed by atoms with E-state index in [0.29, 0.717) is 44.0 Å². The van der Waals surface area contributed by atoms with Crippen molar-refractivity contribution in [2.24, 2.45) is 0 Å². The lowest BCUT2D eigenvalue weighted by molar-refractivity contribution is -0.00206. The van der Waals surface area contributed by atoms with Crippen LogP contribution in [0.15, 0.2) is 48.5 Å². The fraction of sp³-hybridized carbons (Fsp3) is 0.407. The number of hydrogen-bond acceptors (Lipinski definition) is 5. The molecular weight excluding hydrogens is 461 g/mol. The van der Waals surface area contributed by atoms with Crippen molar-refractivity contribution in [1.29, 1.82) is 0 Å². The molecule has 1 atom stereocenters. The van der Waals surface area contributed by atoms with Crippen molar-refractivity contribution in [3.63, 3.8) is 0 Å². The third-order valence-electron chi connectivity index (χ3n) is 6.89. The van der Waals surface area contributed by atoms with Gasteiger partial charge < -0.3 is 14.5 Å². The fourth-order valence-corrected chi connectivity index (χ4v) is 4.61. The largest absolute Gasteiger partial charge is 0.365 e. The monoisotopic (exact) mass is 491 g/mol. The van der Waals surface area contributed by atoms with Gasteiger partial charge in [-0.15, -0.1) is 5.10 Å². The van der Waals surface area contributed by atoms with Gasteiger partial charge in [-0.3, -0.25) is 9.59 Å². The Labute approximate surface area is 209 Å². The highest BCUT2D eigenvalue weighted by molar-refractivity contribution is 5.95. The number of carbonyl (C=O) groups excluding carboxylic acids is 2. The molecule has 0 saturated carbocycles. The number of benzene rings is 2. The molecule has 0 radical (unpaired) electrons. The van der Waals surface area contributed by atoms with E-state index in [0.717, 1.165) is 5.56 Å². The Morgan fingerprint density at radius 1 is 0.917 bits per heavy atom. The minimum Gasteiger partial charge on any atom is -0.365 e. The highest BCUT2D eigenvalue weighted by Gasteiger charge is 2.32. The summed E-state index contributed by atoms with van der Waals surface area (Å²) in [4.78, 5) is 29.7.